The molecule has 8 heteroatoms. The summed E-state index contributed by atoms with van der Waals surface area (Å²) >= 11 is 0. The van der Waals surface area contributed by atoms with Gasteiger partial charge in [-0.3, -0.25) is 4.99 Å². The molecule has 2 N–H and O–H groups in total. The van der Waals surface area contributed by atoms with Crippen molar-refractivity contribution in [1.82, 2.24) is 10.6 Å². The first-order valence-electron chi connectivity index (χ1n) is 7.38. The predicted octanol–water partition coefficient (Wildman–Crippen LogP) is 2.47. The lowest BCUT2D eigenvalue weighted by Crippen LogP contribution is -2.38. The van der Waals surface area contributed by atoms with Crippen LogP contribution in [0.5, 0.6) is 11.5 Å². The van der Waals surface area contributed by atoms with Crippen LogP contribution >= 0.6 is 0 Å². The Morgan fingerprint density at radius 2 is 2.00 bits per heavy atom. The molecule has 0 unspecified atom stereocenters. The molecule has 1 aromatic carbocycles. The van der Waals surface area contributed by atoms with E-state index in [2.05, 4.69) is 15.6 Å². The first-order chi connectivity index (χ1) is 11.0. The third-order valence-corrected chi connectivity index (χ3v) is 3.22. The van der Waals surface area contributed by atoms with Crippen molar-refractivity contribution in [3.63, 3.8) is 0 Å². The standard InChI is InChI=1S/C15H20F3N3O2/c1-19-14(20-7-6-15(16,17)18)21-10-11-4-2-5-12-13(11)23-9-3-8-22-12/h2,4-5H,3,6-10H2,1H3,(H2,19,20,21). The van der Waals surface area contributed by atoms with Gasteiger partial charge in [-0.15, -0.1) is 0 Å². The zero-order valence-corrected chi connectivity index (χ0v) is 12.9. The van der Waals surface area contributed by atoms with Gasteiger partial charge < -0.3 is 20.1 Å². The Morgan fingerprint density at radius 3 is 2.74 bits per heavy atom. The molecule has 0 aromatic heterocycles. The number of nitrogens with zero attached hydrogens (tertiary/aromatic N) is 1. The monoisotopic (exact) mass is 331 g/mol. The minimum Gasteiger partial charge on any atom is -0.490 e. The van der Waals surface area contributed by atoms with E-state index in [0.717, 1.165) is 12.0 Å². The molecule has 0 radical (unpaired) electrons. The second-order valence-corrected chi connectivity index (χ2v) is 5.01. The number of halogens is 3. The summed E-state index contributed by atoms with van der Waals surface area (Å²) in [5.74, 6) is 1.66. The van der Waals surface area contributed by atoms with Crippen LogP contribution in [-0.2, 0) is 6.54 Å². The van der Waals surface area contributed by atoms with Gasteiger partial charge in [0, 0.05) is 32.1 Å². The maximum atomic E-state index is 12.2. The van der Waals surface area contributed by atoms with E-state index in [1.165, 1.54) is 7.05 Å². The Kier molecular flexibility index (Phi) is 5.95. The summed E-state index contributed by atoms with van der Waals surface area (Å²) in [5, 5.41) is 5.61. The van der Waals surface area contributed by atoms with Crippen molar-refractivity contribution < 1.29 is 22.6 Å². The third-order valence-electron chi connectivity index (χ3n) is 3.22. The molecule has 1 aliphatic rings. The Bertz CT molecular complexity index is 547. The van der Waals surface area contributed by atoms with E-state index in [4.69, 9.17) is 9.47 Å². The molecule has 2 rings (SSSR count). The van der Waals surface area contributed by atoms with Crippen molar-refractivity contribution in [2.45, 2.75) is 25.6 Å². The van der Waals surface area contributed by atoms with Gasteiger partial charge in [-0.25, -0.2) is 0 Å². The molecule has 0 saturated carbocycles. The molecular weight excluding hydrogens is 311 g/mol. The molecule has 5 nitrogen and oxygen atoms in total. The van der Waals surface area contributed by atoms with E-state index in [1.807, 2.05) is 18.2 Å². The third kappa shape index (κ3) is 5.54. The van der Waals surface area contributed by atoms with Gasteiger partial charge in [-0.2, -0.15) is 13.2 Å². The van der Waals surface area contributed by atoms with Crippen LogP contribution in [0.4, 0.5) is 13.2 Å². The fourth-order valence-electron chi connectivity index (χ4n) is 2.12. The highest BCUT2D eigenvalue weighted by atomic mass is 19.4. The highest BCUT2D eigenvalue weighted by Crippen LogP contribution is 2.33. The SMILES string of the molecule is CN=C(NCCC(F)(F)F)NCc1cccc2c1OCCCO2. The molecule has 0 fully saturated rings. The highest BCUT2D eigenvalue weighted by Gasteiger charge is 2.26. The van der Waals surface area contributed by atoms with E-state index < -0.39 is 12.6 Å². The number of rotatable bonds is 4. The number of hydrogen-bond acceptors (Lipinski definition) is 3. The van der Waals surface area contributed by atoms with Crippen molar-refractivity contribution >= 4 is 5.96 Å². The van der Waals surface area contributed by atoms with Crippen LogP contribution in [0.3, 0.4) is 0 Å². The Labute approximate surface area is 132 Å². The van der Waals surface area contributed by atoms with Gasteiger partial charge >= 0.3 is 6.18 Å². The topological polar surface area (TPSA) is 54.9 Å². The van der Waals surface area contributed by atoms with Crippen LogP contribution in [0.15, 0.2) is 23.2 Å². The molecule has 0 atom stereocenters. The maximum Gasteiger partial charge on any atom is 0.390 e. The van der Waals surface area contributed by atoms with Crippen LogP contribution in [0.2, 0.25) is 0 Å². The van der Waals surface area contributed by atoms with Gasteiger partial charge in [0.05, 0.1) is 19.6 Å². The summed E-state index contributed by atoms with van der Waals surface area (Å²) in [6.07, 6.45) is -4.29. The molecular formula is C15H20F3N3O2. The van der Waals surface area contributed by atoms with Crippen LogP contribution in [-0.4, -0.2) is 38.9 Å². The molecule has 23 heavy (non-hydrogen) atoms. The lowest BCUT2D eigenvalue weighted by Gasteiger charge is -2.15. The summed E-state index contributed by atoms with van der Waals surface area (Å²) in [5.41, 5.74) is 0.864. The molecule has 0 saturated heterocycles. The molecule has 1 heterocycles. The highest BCUT2D eigenvalue weighted by molar-refractivity contribution is 5.79. The first-order valence-corrected chi connectivity index (χ1v) is 7.38. The quantitative estimate of drug-likeness (QED) is 0.657. The van der Waals surface area contributed by atoms with Gasteiger partial charge in [0.15, 0.2) is 17.5 Å². The van der Waals surface area contributed by atoms with E-state index in [-0.39, 0.29) is 6.54 Å². The number of benzene rings is 1. The smallest absolute Gasteiger partial charge is 0.390 e. The molecule has 0 bridgehead atoms. The summed E-state index contributed by atoms with van der Waals surface area (Å²) in [6, 6.07) is 5.56. The van der Waals surface area contributed by atoms with Crippen molar-refractivity contribution in [3.8, 4) is 11.5 Å². The van der Waals surface area contributed by atoms with Crippen molar-refractivity contribution in [2.75, 3.05) is 26.8 Å². The first kappa shape index (κ1) is 17.2. The molecule has 1 aromatic rings. The van der Waals surface area contributed by atoms with Crippen LogP contribution in [0.25, 0.3) is 0 Å². The van der Waals surface area contributed by atoms with Gasteiger partial charge in [0.2, 0.25) is 0 Å². The zero-order chi connectivity index (χ0) is 16.7. The number of guanidine groups is 1. The average Bonchev–Trinajstić information content (AvgIpc) is 2.75. The van der Waals surface area contributed by atoms with Crippen LogP contribution in [0, 0.1) is 0 Å². The number of hydrogen-bond donors (Lipinski definition) is 2. The molecule has 0 aliphatic carbocycles. The summed E-state index contributed by atoms with van der Waals surface area (Å²) in [7, 11) is 1.51. The second-order valence-electron chi connectivity index (χ2n) is 5.01. The number of ether oxygens (including phenoxy) is 2. The Balaban J connectivity index is 1.92. The normalized spacial score (nSPS) is 15.0. The fraction of sp³-hybridized carbons (Fsp3) is 0.533. The minimum absolute atomic E-state index is 0.227. The van der Waals surface area contributed by atoms with Crippen molar-refractivity contribution in [1.29, 1.82) is 0 Å². The van der Waals surface area contributed by atoms with Crippen LogP contribution < -0.4 is 20.1 Å². The van der Waals surface area contributed by atoms with Gasteiger partial charge in [-0.1, -0.05) is 12.1 Å². The minimum atomic E-state index is -4.19. The van der Waals surface area contributed by atoms with Gasteiger partial charge in [-0.05, 0) is 6.07 Å². The lowest BCUT2D eigenvalue weighted by atomic mass is 10.2. The number of aliphatic imine (C=N–C) groups is 1. The van der Waals surface area contributed by atoms with Gasteiger partial charge in [0.25, 0.3) is 0 Å². The average molecular weight is 331 g/mol. The summed E-state index contributed by atoms with van der Waals surface area (Å²) in [6.45, 7) is 1.32. The molecule has 0 spiro atoms. The van der Waals surface area contributed by atoms with Gasteiger partial charge in [0.1, 0.15) is 0 Å². The Hall–Kier alpha value is -2.12. The Morgan fingerprint density at radius 1 is 1.22 bits per heavy atom. The van der Waals surface area contributed by atoms with E-state index >= 15 is 0 Å². The van der Waals surface area contributed by atoms with E-state index in [0.29, 0.717) is 37.2 Å². The lowest BCUT2D eigenvalue weighted by molar-refractivity contribution is -0.132. The predicted molar refractivity (Wildman–Crippen MR) is 80.9 cm³/mol. The number of fused-ring (bicyclic) bond motifs is 1. The van der Waals surface area contributed by atoms with Crippen molar-refractivity contribution in [3.05, 3.63) is 23.8 Å². The second kappa shape index (κ2) is 7.94. The molecule has 1 aliphatic heterocycles. The number of alkyl halides is 3. The summed E-state index contributed by atoms with van der Waals surface area (Å²) < 4.78 is 47.8. The maximum absolute atomic E-state index is 12.2. The van der Waals surface area contributed by atoms with Crippen LogP contribution in [0.1, 0.15) is 18.4 Å². The molecule has 0 amide bonds. The molecule has 128 valence electrons. The fourth-order valence-corrected chi connectivity index (χ4v) is 2.12. The zero-order valence-electron chi connectivity index (χ0n) is 12.9. The number of nitrogens with one attached hydrogen (secondary N) is 2. The number of para-hydroxylation sites is 1. The summed E-state index contributed by atoms with van der Waals surface area (Å²) in [4.78, 5) is 3.91. The van der Waals surface area contributed by atoms with E-state index in [1.54, 1.807) is 0 Å². The van der Waals surface area contributed by atoms with E-state index in [9.17, 15) is 13.2 Å². The van der Waals surface area contributed by atoms with Crippen molar-refractivity contribution in [2.24, 2.45) is 4.99 Å². The largest absolute Gasteiger partial charge is 0.490 e.